The Balaban J connectivity index is 2.10. The predicted octanol–water partition coefficient (Wildman–Crippen LogP) is 2.91. The van der Waals surface area contributed by atoms with Gasteiger partial charge in [0.1, 0.15) is 8.07 Å². The van der Waals surface area contributed by atoms with E-state index in [-0.39, 0.29) is 0 Å². The lowest BCUT2D eigenvalue weighted by molar-refractivity contribution is 0.889. The molecule has 0 spiro atoms. The summed E-state index contributed by atoms with van der Waals surface area (Å²) in [7, 11) is 0.726. The maximum Gasteiger partial charge on any atom is 0.120 e. The molecule has 1 atom stereocenters. The van der Waals surface area contributed by atoms with Crippen LogP contribution in [0.3, 0.4) is 0 Å². The van der Waals surface area contributed by atoms with E-state index in [1.54, 1.807) is 15.9 Å². The molecular formula is C17H19NSi. The Labute approximate surface area is 115 Å². The third-order valence-electron chi connectivity index (χ3n) is 5.02. The molecule has 0 aliphatic carbocycles. The molecule has 0 fully saturated rings. The molecule has 2 aromatic carbocycles. The van der Waals surface area contributed by atoms with Crippen molar-refractivity contribution in [3.8, 4) is 0 Å². The van der Waals surface area contributed by atoms with E-state index in [9.17, 15) is 0 Å². The molecule has 96 valence electrons. The Morgan fingerprint density at radius 2 is 1.79 bits per heavy atom. The lowest BCUT2D eigenvalue weighted by Crippen LogP contribution is -2.63. The van der Waals surface area contributed by atoms with E-state index < -0.39 is 8.07 Å². The Bertz CT molecular complexity index is 664. The highest BCUT2D eigenvalue weighted by atomic mass is 28.3. The van der Waals surface area contributed by atoms with Crippen molar-refractivity contribution in [2.24, 2.45) is 0 Å². The first kappa shape index (κ1) is 11.3. The van der Waals surface area contributed by atoms with Crippen molar-refractivity contribution < 1.29 is 0 Å². The highest BCUT2D eigenvalue weighted by molar-refractivity contribution is 7.04. The number of anilines is 2. The summed E-state index contributed by atoms with van der Waals surface area (Å²) in [6.07, 6.45) is 2.62. The summed E-state index contributed by atoms with van der Waals surface area (Å²) in [5.41, 5.74) is 4.51. The van der Waals surface area contributed by atoms with Gasteiger partial charge in [0.2, 0.25) is 0 Å². The fraction of sp³-hybridized carbons (Fsp3) is 0.294. The van der Waals surface area contributed by atoms with Crippen LogP contribution in [-0.2, 0) is 6.42 Å². The van der Waals surface area contributed by atoms with Crippen LogP contribution in [0.5, 0.6) is 0 Å². The molecule has 19 heavy (non-hydrogen) atoms. The molecule has 0 aromatic heterocycles. The summed E-state index contributed by atoms with van der Waals surface area (Å²) in [5, 5.41) is 3.35. The minimum Gasteiger partial charge on any atom is -0.345 e. The monoisotopic (exact) mass is 265 g/mol. The quantitative estimate of drug-likeness (QED) is 0.662. The first-order valence-corrected chi connectivity index (χ1v) is 9.88. The first-order chi connectivity index (χ1) is 9.22. The molecule has 0 bridgehead atoms. The molecule has 0 amide bonds. The van der Waals surface area contributed by atoms with Crippen molar-refractivity contribution in [2.75, 3.05) is 11.9 Å². The molecule has 1 nitrogen and oxygen atoms in total. The topological polar surface area (TPSA) is 3.24 Å². The second kappa shape index (κ2) is 3.73. The summed E-state index contributed by atoms with van der Waals surface area (Å²) < 4.78 is 0. The zero-order valence-corrected chi connectivity index (χ0v) is 12.6. The Morgan fingerprint density at radius 3 is 2.68 bits per heavy atom. The van der Waals surface area contributed by atoms with Gasteiger partial charge in [0, 0.05) is 18.4 Å². The van der Waals surface area contributed by atoms with Gasteiger partial charge in [0.25, 0.3) is 0 Å². The molecule has 2 aliphatic heterocycles. The molecule has 0 N–H and O–H groups in total. The molecule has 0 saturated heterocycles. The molecule has 0 saturated carbocycles. The van der Waals surface area contributed by atoms with Crippen molar-refractivity contribution in [2.45, 2.75) is 25.4 Å². The molecule has 2 aromatic rings. The molecule has 4 rings (SSSR count). The van der Waals surface area contributed by atoms with Gasteiger partial charge in [0.15, 0.2) is 0 Å². The summed E-state index contributed by atoms with van der Waals surface area (Å²) in [5.74, 6) is 0. The summed E-state index contributed by atoms with van der Waals surface area (Å²) in [4.78, 5) is 2.40. The maximum absolute atomic E-state index is 2.57. The second-order valence-corrected chi connectivity index (χ2v) is 10.3. The van der Waals surface area contributed by atoms with E-state index in [0.717, 1.165) is 0 Å². The molecular weight excluding hydrogens is 246 g/mol. The zero-order chi connectivity index (χ0) is 13.0. The number of para-hydroxylation sites is 1. The van der Waals surface area contributed by atoms with Crippen molar-refractivity contribution in [3.63, 3.8) is 0 Å². The van der Waals surface area contributed by atoms with Gasteiger partial charge in [-0.15, -0.1) is 0 Å². The summed E-state index contributed by atoms with van der Waals surface area (Å²) in [6, 6.07) is 17.4. The van der Waals surface area contributed by atoms with Gasteiger partial charge in [-0.2, -0.15) is 0 Å². The van der Waals surface area contributed by atoms with Crippen molar-refractivity contribution >= 4 is 29.8 Å². The van der Waals surface area contributed by atoms with E-state index in [4.69, 9.17) is 0 Å². The van der Waals surface area contributed by atoms with E-state index in [2.05, 4.69) is 61.0 Å². The van der Waals surface area contributed by atoms with Crippen molar-refractivity contribution in [1.82, 2.24) is 0 Å². The average molecular weight is 265 g/mol. The minimum absolute atomic E-state index is 1.27. The first-order valence-electron chi connectivity index (χ1n) is 7.17. The Kier molecular flexibility index (Phi) is 2.22. The third-order valence-corrected chi connectivity index (χ3v) is 9.67. The Hall–Kier alpha value is -1.54. The Morgan fingerprint density at radius 1 is 1.00 bits per heavy atom. The third kappa shape index (κ3) is 1.35. The van der Waals surface area contributed by atoms with Crippen LogP contribution in [0.4, 0.5) is 11.4 Å². The zero-order valence-electron chi connectivity index (χ0n) is 11.6. The van der Waals surface area contributed by atoms with Crippen LogP contribution in [-0.4, -0.2) is 15.1 Å². The summed E-state index contributed by atoms with van der Waals surface area (Å²) >= 11 is 0. The van der Waals surface area contributed by atoms with Crippen LogP contribution in [0.15, 0.2) is 42.5 Å². The van der Waals surface area contributed by atoms with Gasteiger partial charge < -0.3 is 4.90 Å². The van der Waals surface area contributed by atoms with Crippen molar-refractivity contribution in [1.29, 1.82) is 0 Å². The van der Waals surface area contributed by atoms with E-state index in [0.29, 0.717) is 0 Å². The number of aryl methyl sites for hydroxylation is 1. The fourth-order valence-electron chi connectivity index (χ4n) is 4.10. The van der Waals surface area contributed by atoms with Crippen LogP contribution < -0.4 is 15.3 Å². The van der Waals surface area contributed by atoms with Crippen LogP contribution in [0.2, 0.25) is 12.6 Å². The fourth-order valence-corrected chi connectivity index (χ4v) is 8.79. The normalized spacial score (nSPS) is 23.8. The number of nitrogens with zero attached hydrogens (tertiary/aromatic N) is 1. The number of hydrogen-bond acceptors (Lipinski definition) is 1. The minimum atomic E-state index is -1.49. The maximum atomic E-state index is 2.57. The molecule has 1 unspecified atom stereocenters. The molecule has 2 heteroatoms. The standard InChI is InChI=1S/C17H19NSi/c1-18-14-9-3-4-11-16(14)19(2)12-6-8-13-7-5-10-15(18)17(13)19/h3-5,7,9-11H,6,8,12H2,1-2H3. The van der Waals surface area contributed by atoms with Crippen molar-refractivity contribution in [3.05, 3.63) is 48.0 Å². The molecule has 0 radical (unpaired) electrons. The number of hydrogen-bond donors (Lipinski definition) is 0. The highest BCUT2D eigenvalue weighted by Gasteiger charge is 2.43. The smallest absolute Gasteiger partial charge is 0.120 e. The van der Waals surface area contributed by atoms with Gasteiger partial charge in [-0.1, -0.05) is 43.3 Å². The lowest BCUT2D eigenvalue weighted by Gasteiger charge is -2.44. The van der Waals surface area contributed by atoms with Gasteiger partial charge in [-0.05, 0) is 40.5 Å². The number of fused-ring (bicyclic) bond motifs is 2. The number of rotatable bonds is 0. The SMILES string of the molecule is CN1c2ccccc2[Si]2(C)CCCc3cccc1c32. The second-order valence-electron chi connectivity index (χ2n) is 6.07. The van der Waals surface area contributed by atoms with Gasteiger partial charge >= 0.3 is 0 Å². The predicted molar refractivity (Wildman–Crippen MR) is 85.0 cm³/mol. The van der Waals surface area contributed by atoms with Crippen LogP contribution in [0, 0.1) is 0 Å². The molecule has 2 heterocycles. The summed E-state index contributed by atoms with van der Waals surface area (Å²) in [6.45, 7) is 2.57. The molecule has 2 aliphatic rings. The largest absolute Gasteiger partial charge is 0.345 e. The van der Waals surface area contributed by atoms with Gasteiger partial charge in [-0.3, -0.25) is 0 Å². The van der Waals surface area contributed by atoms with Crippen LogP contribution >= 0.6 is 0 Å². The number of benzene rings is 2. The lowest BCUT2D eigenvalue weighted by atomic mass is 10.1. The highest BCUT2D eigenvalue weighted by Crippen LogP contribution is 2.36. The van der Waals surface area contributed by atoms with Crippen LogP contribution in [0.25, 0.3) is 0 Å². The van der Waals surface area contributed by atoms with Gasteiger partial charge in [-0.25, -0.2) is 0 Å². The average Bonchev–Trinajstić information content (AvgIpc) is 2.45. The van der Waals surface area contributed by atoms with Gasteiger partial charge in [0.05, 0.1) is 0 Å². The van der Waals surface area contributed by atoms with E-state index in [1.807, 2.05) is 0 Å². The van der Waals surface area contributed by atoms with E-state index in [1.165, 1.54) is 30.3 Å². The van der Waals surface area contributed by atoms with E-state index >= 15 is 0 Å². The van der Waals surface area contributed by atoms with Crippen LogP contribution in [0.1, 0.15) is 12.0 Å².